The third kappa shape index (κ3) is 14.6. The summed E-state index contributed by atoms with van der Waals surface area (Å²) in [6.45, 7) is 3.01. The lowest BCUT2D eigenvalue weighted by molar-refractivity contribution is -0.130. The number of hydrogen-bond acceptors (Lipinski definition) is 10. The van der Waals surface area contributed by atoms with E-state index in [0.29, 0.717) is 30.7 Å². The van der Waals surface area contributed by atoms with Crippen LogP contribution in [0.15, 0.2) is 78.9 Å². The molecule has 0 bridgehead atoms. The Labute approximate surface area is 351 Å². The molecule has 2 unspecified atom stereocenters. The van der Waals surface area contributed by atoms with Crippen molar-refractivity contribution in [1.29, 1.82) is 0 Å². The van der Waals surface area contributed by atoms with Gasteiger partial charge in [0.25, 0.3) is 0 Å². The van der Waals surface area contributed by atoms with E-state index in [9.17, 15) is 19.8 Å². The zero-order valence-electron chi connectivity index (χ0n) is 35.0. The lowest BCUT2D eigenvalue weighted by Crippen LogP contribution is -2.39. The largest absolute Gasteiger partial charge is 0.493 e. The van der Waals surface area contributed by atoms with E-state index in [0.717, 1.165) is 60.5 Å². The molecule has 0 saturated heterocycles. The highest BCUT2D eigenvalue weighted by Crippen LogP contribution is 2.34. The monoisotopic (exact) mass is 810 g/mol. The minimum atomic E-state index is -1.77. The molecular formula is C49H66N2O8. The van der Waals surface area contributed by atoms with E-state index < -0.39 is 29.7 Å². The Balaban J connectivity index is 1.13. The second-order valence-corrected chi connectivity index (χ2v) is 16.6. The van der Waals surface area contributed by atoms with Gasteiger partial charge in [-0.3, -0.25) is 9.59 Å². The van der Waals surface area contributed by atoms with Crippen LogP contribution in [0.2, 0.25) is 0 Å². The lowest BCUT2D eigenvalue weighted by Gasteiger charge is -2.28. The van der Waals surface area contributed by atoms with Crippen molar-refractivity contribution < 1.29 is 38.7 Å². The summed E-state index contributed by atoms with van der Waals surface area (Å²) in [5.41, 5.74) is 14.4. The lowest BCUT2D eigenvalue weighted by atomic mass is 9.80. The minimum absolute atomic E-state index is 0.151. The summed E-state index contributed by atoms with van der Waals surface area (Å²) in [4.78, 5) is 26.8. The molecule has 0 aliphatic heterocycles. The van der Waals surface area contributed by atoms with Gasteiger partial charge < -0.3 is 40.6 Å². The van der Waals surface area contributed by atoms with Gasteiger partial charge in [0, 0.05) is 38.8 Å². The topological polar surface area (TPSA) is 164 Å². The van der Waals surface area contributed by atoms with Crippen molar-refractivity contribution in [3.8, 4) is 11.5 Å². The summed E-state index contributed by atoms with van der Waals surface area (Å²) in [5, 5.41) is 22.8. The summed E-state index contributed by atoms with van der Waals surface area (Å²) in [6, 6.07) is 19.4. The maximum absolute atomic E-state index is 13.4. The molecule has 0 radical (unpaired) electrons. The third-order valence-electron chi connectivity index (χ3n) is 12.2. The van der Waals surface area contributed by atoms with Gasteiger partial charge in [0.2, 0.25) is 0 Å². The Hall–Kier alpha value is -4.48. The van der Waals surface area contributed by atoms with Crippen LogP contribution < -0.4 is 20.9 Å². The number of nitrogen functional groups attached to an aromatic ring is 2. The second kappa shape index (κ2) is 23.9. The van der Waals surface area contributed by atoms with Gasteiger partial charge in [0.15, 0.2) is 11.6 Å². The summed E-state index contributed by atoms with van der Waals surface area (Å²) >= 11 is 0. The second-order valence-electron chi connectivity index (χ2n) is 16.6. The molecule has 6 N–H and O–H groups in total. The first-order valence-corrected chi connectivity index (χ1v) is 21.5. The molecule has 0 spiro atoms. The Morgan fingerprint density at radius 3 is 1.42 bits per heavy atom. The molecular weight excluding hydrogens is 745 g/mol. The smallest absolute Gasteiger partial charge is 0.184 e. The van der Waals surface area contributed by atoms with Crippen LogP contribution in [0.1, 0.15) is 99.7 Å². The van der Waals surface area contributed by atoms with Crippen molar-refractivity contribution in [3.63, 3.8) is 0 Å². The molecule has 2 saturated carbocycles. The van der Waals surface area contributed by atoms with Gasteiger partial charge in [-0.1, -0.05) is 68.2 Å². The molecule has 10 nitrogen and oxygen atoms in total. The number of benzene rings is 3. The van der Waals surface area contributed by atoms with Crippen LogP contribution in [0.25, 0.3) is 12.2 Å². The average Bonchev–Trinajstić information content (AvgIpc) is 3.25. The number of ketones is 2. The Morgan fingerprint density at radius 1 is 0.627 bits per heavy atom. The van der Waals surface area contributed by atoms with Crippen molar-refractivity contribution in [2.24, 2.45) is 23.7 Å². The van der Waals surface area contributed by atoms with Crippen LogP contribution in [0.4, 0.5) is 11.4 Å². The number of aliphatic hydroxyl groups is 2. The maximum atomic E-state index is 13.4. The maximum Gasteiger partial charge on any atom is 0.184 e. The molecule has 0 amide bonds. The number of carbonyl (C=O) groups is 2. The summed E-state index contributed by atoms with van der Waals surface area (Å²) in [7, 11) is 3.51. The van der Waals surface area contributed by atoms with Crippen molar-refractivity contribution >= 4 is 35.1 Å². The van der Waals surface area contributed by atoms with Crippen molar-refractivity contribution in [2.45, 2.75) is 95.2 Å². The molecule has 3 aromatic carbocycles. The van der Waals surface area contributed by atoms with Gasteiger partial charge in [0.1, 0.15) is 23.7 Å². The van der Waals surface area contributed by atoms with E-state index in [-0.39, 0.29) is 11.3 Å². The Bertz CT molecular complexity index is 1670. The van der Waals surface area contributed by atoms with Crippen molar-refractivity contribution in [1.82, 2.24) is 0 Å². The number of rotatable bonds is 23. The molecule has 2 atom stereocenters. The number of ether oxygens (including phenoxy) is 4. The van der Waals surface area contributed by atoms with Gasteiger partial charge in [-0.2, -0.15) is 0 Å². The molecule has 0 aromatic heterocycles. The molecule has 3 aromatic rings. The highest BCUT2D eigenvalue weighted by molar-refractivity contribution is 6.01. The number of aliphatic hydroxyl groups excluding tert-OH is 2. The van der Waals surface area contributed by atoms with E-state index in [4.69, 9.17) is 30.4 Å². The molecule has 5 rings (SSSR count). The average molecular weight is 811 g/mol. The molecule has 10 heteroatoms. The van der Waals surface area contributed by atoms with Crippen molar-refractivity contribution in [2.75, 3.05) is 52.1 Å². The normalized spacial score (nSPS) is 21.3. The predicted octanol–water partition coefficient (Wildman–Crippen LogP) is 8.45. The van der Waals surface area contributed by atoms with Crippen molar-refractivity contribution in [3.05, 3.63) is 95.6 Å². The standard InChI is InChI=1S/C49H66N2O8/c1-56-29-3-5-34-7-11-38(12-8-34)32-58-41-22-15-36(16-23-41)19-27-45(52)48(54)47(43-26-21-40(50)31-44(43)51)49(55)46(53)28-20-37-17-24-42(25-18-37)59-33-39-13-9-35(10-14-39)6-4-30-57-2/h15-28,31,34-35,38-39,47-49,54-55H,3-14,29-30,32-33,50-51H2,1-2H3/b27-19+,28-20+. The van der Waals surface area contributed by atoms with Gasteiger partial charge in [-0.25, -0.2) is 0 Å². The SMILES string of the molecule is COCCCC1CCC(COc2ccc(/C=C/C(=O)C(O)C(c3ccc(N)cc3N)C(O)C(=O)/C=C/c3ccc(OCC4CCC(CCCOC)CC4)cc3)cc2)CC1. The number of hydrogen-bond donors (Lipinski definition) is 4. The Morgan fingerprint density at radius 2 is 1.03 bits per heavy atom. The quantitative estimate of drug-likeness (QED) is 0.0415. The van der Waals surface area contributed by atoms with Gasteiger partial charge >= 0.3 is 0 Å². The number of nitrogens with two attached hydrogens (primary N) is 2. The molecule has 2 aliphatic carbocycles. The summed E-state index contributed by atoms with van der Waals surface area (Å²) in [6.07, 6.45) is 16.4. The van der Waals surface area contributed by atoms with Gasteiger partial charge in [-0.15, -0.1) is 0 Å². The van der Waals surface area contributed by atoms with E-state index in [1.807, 2.05) is 48.5 Å². The highest BCUT2D eigenvalue weighted by atomic mass is 16.5. The number of carbonyl (C=O) groups excluding carboxylic acids is 2. The van der Waals surface area contributed by atoms with E-state index in [2.05, 4.69) is 0 Å². The summed E-state index contributed by atoms with van der Waals surface area (Å²) in [5.74, 6) is 1.43. The number of anilines is 2. The fraction of sp³-hybridized carbons (Fsp3) is 0.510. The first-order valence-electron chi connectivity index (χ1n) is 21.5. The van der Waals surface area contributed by atoms with Crippen LogP contribution in [-0.2, 0) is 19.1 Å². The van der Waals surface area contributed by atoms with Crippen LogP contribution in [-0.4, -0.2) is 74.6 Å². The molecule has 2 aliphatic rings. The predicted molar refractivity (Wildman–Crippen MR) is 235 cm³/mol. The van der Waals surface area contributed by atoms with Gasteiger partial charge in [0.05, 0.1) is 19.1 Å². The van der Waals surface area contributed by atoms with Crippen LogP contribution in [0.3, 0.4) is 0 Å². The van der Waals surface area contributed by atoms with Crippen LogP contribution >= 0.6 is 0 Å². The molecule has 320 valence electrons. The number of methoxy groups -OCH3 is 2. The fourth-order valence-electron chi connectivity index (χ4n) is 8.50. The van der Waals surface area contributed by atoms with E-state index in [1.54, 1.807) is 32.4 Å². The minimum Gasteiger partial charge on any atom is -0.493 e. The molecule has 2 fully saturated rings. The van der Waals surface area contributed by atoms with Crippen LogP contribution in [0, 0.1) is 23.7 Å². The Kier molecular flexibility index (Phi) is 18.5. The zero-order valence-corrected chi connectivity index (χ0v) is 35.0. The first kappa shape index (κ1) is 45.6. The first-order chi connectivity index (χ1) is 28.6. The molecule has 0 heterocycles. The third-order valence-corrected chi connectivity index (χ3v) is 12.2. The van der Waals surface area contributed by atoms with Crippen LogP contribution in [0.5, 0.6) is 11.5 Å². The fourth-order valence-corrected chi connectivity index (χ4v) is 8.50. The van der Waals surface area contributed by atoms with E-state index in [1.165, 1.54) is 88.5 Å². The van der Waals surface area contributed by atoms with E-state index >= 15 is 0 Å². The van der Waals surface area contributed by atoms with Gasteiger partial charge in [-0.05, 0) is 140 Å². The zero-order chi connectivity index (χ0) is 42.0. The molecule has 59 heavy (non-hydrogen) atoms. The highest BCUT2D eigenvalue weighted by Gasteiger charge is 2.36. The summed E-state index contributed by atoms with van der Waals surface area (Å²) < 4.78 is 22.6.